The summed E-state index contributed by atoms with van der Waals surface area (Å²) in [6.07, 6.45) is 8.89. The Bertz CT molecular complexity index is 458. The molecule has 1 amide bonds. The van der Waals surface area contributed by atoms with E-state index in [0.717, 1.165) is 51.6 Å². The zero-order valence-corrected chi connectivity index (χ0v) is 12.6. The highest BCUT2D eigenvalue weighted by atomic mass is 16.3. The minimum Gasteiger partial charge on any atom is -0.389 e. The molecule has 5 nitrogen and oxygen atoms in total. The number of nitrogens with one attached hydrogen (secondary N) is 1. The van der Waals surface area contributed by atoms with Gasteiger partial charge in [-0.2, -0.15) is 5.10 Å². The smallest absolute Gasteiger partial charge is 0.225 e. The average molecular weight is 291 g/mol. The molecule has 0 unspecified atom stereocenters. The lowest BCUT2D eigenvalue weighted by Crippen LogP contribution is -2.43. The van der Waals surface area contributed by atoms with Crippen LogP contribution in [-0.2, 0) is 4.79 Å². The van der Waals surface area contributed by atoms with Gasteiger partial charge in [0, 0.05) is 30.9 Å². The van der Waals surface area contributed by atoms with Gasteiger partial charge in [-0.1, -0.05) is 19.3 Å². The van der Waals surface area contributed by atoms with Gasteiger partial charge in [0.15, 0.2) is 0 Å². The summed E-state index contributed by atoms with van der Waals surface area (Å²) < 4.78 is 0. The summed E-state index contributed by atoms with van der Waals surface area (Å²) in [7, 11) is 0. The van der Waals surface area contributed by atoms with Gasteiger partial charge in [0.2, 0.25) is 5.91 Å². The van der Waals surface area contributed by atoms with Crippen molar-refractivity contribution in [3.63, 3.8) is 0 Å². The Labute approximate surface area is 125 Å². The molecule has 1 aliphatic carbocycles. The number of piperidine rings is 1. The van der Waals surface area contributed by atoms with Crippen molar-refractivity contribution in [2.75, 3.05) is 13.1 Å². The molecule has 0 spiro atoms. The van der Waals surface area contributed by atoms with E-state index in [1.54, 1.807) is 6.20 Å². The third kappa shape index (κ3) is 3.46. The normalized spacial score (nSPS) is 23.2. The molecule has 2 aliphatic rings. The fourth-order valence-corrected chi connectivity index (χ4v) is 3.71. The van der Waals surface area contributed by atoms with Crippen LogP contribution in [0.1, 0.15) is 63.0 Å². The minimum atomic E-state index is -0.741. The quantitative estimate of drug-likeness (QED) is 0.897. The molecule has 21 heavy (non-hydrogen) atoms. The number of rotatable bonds is 3. The fourth-order valence-electron chi connectivity index (χ4n) is 3.71. The Morgan fingerprint density at radius 3 is 2.67 bits per heavy atom. The van der Waals surface area contributed by atoms with Gasteiger partial charge in [-0.05, 0) is 31.7 Å². The van der Waals surface area contributed by atoms with Gasteiger partial charge in [-0.25, -0.2) is 0 Å². The number of likely N-dealkylation sites (tertiary alicyclic amines) is 1. The molecule has 3 rings (SSSR count). The summed E-state index contributed by atoms with van der Waals surface area (Å²) in [5, 5.41) is 17.5. The minimum absolute atomic E-state index is 0.127. The Morgan fingerprint density at radius 1 is 1.33 bits per heavy atom. The fraction of sp³-hybridized carbons (Fsp3) is 0.750. The number of carbonyl (C=O) groups excluding carboxylic acids is 1. The van der Waals surface area contributed by atoms with E-state index in [4.69, 9.17) is 0 Å². The first-order valence-corrected chi connectivity index (χ1v) is 8.16. The summed E-state index contributed by atoms with van der Waals surface area (Å²) in [5.74, 6) is 0.608. The van der Waals surface area contributed by atoms with Crippen LogP contribution in [0.4, 0.5) is 0 Å². The summed E-state index contributed by atoms with van der Waals surface area (Å²) in [5.41, 5.74) is 0.434. The summed E-state index contributed by atoms with van der Waals surface area (Å²) >= 11 is 0. The molecular weight excluding hydrogens is 266 g/mol. The first-order valence-electron chi connectivity index (χ1n) is 8.16. The maximum absolute atomic E-state index is 12.4. The highest BCUT2D eigenvalue weighted by Crippen LogP contribution is 2.32. The summed E-state index contributed by atoms with van der Waals surface area (Å²) in [6.45, 7) is 1.58. The van der Waals surface area contributed by atoms with Crippen molar-refractivity contribution >= 4 is 5.91 Å². The first-order chi connectivity index (χ1) is 10.2. The number of aliphatic hydroxyl groups is 1. The lowest BCUT2D eigenvalue weighted by atomic mass is 9.82. The van der Waals surface area contributed by atoms with Crippen LogP contribution in [-0.4, -0.2) is 44.8 Å². The van der Waals surface area contributed by atoms with Crippen molar-refractivity contribution < 1.29 is 9.90 Å². The van der Waals surface area contributed by atoms with Gasteiger partial charge >= 0.3 is 0 Å². The molecular formula is C16H25N3O2. The highest BCUT2D eigenvalue weighted by molar-refractivity contribution is 5.77. The van der Waals surface area contributed by atoms with Crippen molar-refractivity contribution in [2.45, 2.75) is 62.9 Å². The molecule has 2 heterocycles. The Morgan fingerprint density at radius 2 is 2.05 bits per heavy atom. The van der Waals surface area contributed by atoms with Crippen molar-refractivity contribution in [2.24, 2.45) is 0 Å². The third-order valence-corrected chi connectivity index (χ3v) is 5.07. The topological polar surface area (TPSA) is 69.2 Å². The van der Waals surface area contributed by atoms with Crippen LogP contribution in [0.15, 0.2) is 12.3 Å². The molecule has 1 saturated carbocycles. The van der Waals surface area contributed by atoms with E-state index >= 15 is 0 Å². The van der Waals surface area contributed by atoms with Gasteiger partial charge in [-0.3, -0.25) is 9.89 Å². The van der Waals surface area contributed by atoms with Gasteiger partial charge in [-0.15, -0.1) is 0 Å². The number of aromatic amines is 1. The largest absolute Gasteiger partial charge is 0.389 e. The zero-order valence-electron chi connectivity index (χ0n) is 12.6. The Kier molecular flexibility index (Phi) is 4.29. The number of aromatic nitrogens is 2. The van der Waals surface area contributed by atoms with Gasteiger partial charge in [0.1, 0.15) is 0 Å². The van der Waals surface area contributed by atoms with E-state index in [-0.39, 0.29) is 5.91 Å². The van der Waals surface area contributed by atoms with Crippen LogP contribution in [0.3, 0.4) is 0 Å². The number of hydrogen-bond acceptors (Lipinski definition) is 3. The van der Waals surface area contributed by atoms with Crippen LogP contribution >= 0.6 is 0 Å². The summed E-state index contributed by atoms with van der Waals surface area (Å²) in [6, 6.07) is 2.02. The number of hydrogen-bond donors (Lipinski definition) is 2. The molecule has 1 saturated heterocycles. The molecule has 5 heteroatoms. The SMILES string of the molecule is O=C(CC1(O)CCCCC1)N1CCC(c2ccn[nH]2)CC1. The average Bonchev–Trinajstić information content (AvgIpc) is 3.02. The molecule has 116 valence electrons. The van der Waals surface area contributed by atoms with Crippen molar-refractivity contribution in [3.05, 3.63) is 18.0 Å². The Hall–Kier alpha value is -1.36. The van der Waals surface area contributed by atoms with E-state index in [1.165, 1.54) is 12.1 Å². The number of H-pyrrole nitrogens is 1. The number of nitrogens with zero attached hydrogens (tertiary/aromatic N) is 2. The highest BCUT2D eigenvalue weighted by Gasteiger charge is 2.34. The first kappa shape index (κ1) is 14.6. The molecule has 2 fully saturated rings. The third-order valence-electron chi connectivity index (χ3n) is 5.07. The second-order valence-corrected chi connectivity index (χ2v) is 6.63. The lowest BCUT2D eigenvalue weighted by Gasteiger charge is -2.36. The van der Waals surface area contributed by atoms with Crippen LogP contribution in [0, 0.1) is 0 Å². The van der Waals surface area contributed by atoms with Gasteiger partial charge in [0.05, 0.1) is 12.0 Å². The van der Waals surface area contributed by atoms with Gasteiger partial charge in [0.25, 0.3) is 0 Å². The second kappa shape index (κ2) is 6.18. The monoisotopic (exact) mass is 291 g/mol. The van der Waals surface area contributed by atoms with E-state index in [2.05, 4.69) is 10.2 Å². The lowest BCUT2D eigenvalue weighted by molar-refractivity contribution is -0.138. The zero-order chi connectivity index (χ0) is 14.7. The standard InChI is InChI=1S/C16H25N3O2/c20-15(12-16(21)7-2-1-3-8-16)19-10-5-13(6-11-19)14-4-9-17-18-14/h4,9,13,21H,1-3,5-8,10-12H2,(H,17,18). The van der Waals surface area contributed by atoms with Crippen LogP contribution in [0.25, 0.3) is 0 Å². The second-order valence-electron chi connectivity index (χ2n) is 6.63. The van der Waals surface area contributed by atoms with Crippen LogP contribution in [0.2, 0.25) is 0 Å². The molecule has 0 aromatic carbocycles. The number of amides is 1. The van der Waals surface area contributed by atoms with E-state index in [1.807, 2.05) is 11.0 Å². The molecule has 2 N–H and O–H groups in total. The number of carbonyl (C=O) groups is 1. The molecule has 1 aromatic rings. The molecule has 1 aliphatic heterocycles. The predicted molar refractivity (Wildman–Crippen MR) is 79.8 cm³/mol. The van der Waals surface area contributed by atoms with Crippen molar-refractivity contribution in [1.29, 1.82) is 0 Å². The van der Waals surface area contributed by atoms with Crippen molar-refractivity contribution in [1.82, 2.24) is 15.1 Å². The Balaban J connectivity index is 1.50. The van der Waals surface area contributed by atoms with Gasteiger partial charge < -0.3 is 10.0 Å². The van der Waals surface area contributed by atoms with Crippen LogP contribution in [0.5, 0.6) is 0 Å². The molecule has 1 aromatic heterocycles. The molecule has 0 radical (unpaired) electrons. The predicted octanol–water partition coefficient (Wildman–Crippen LogP) is 2.20. The summed E-state index contributed by atoms with van der Waals surface area (Å²) in [4.78, 5) is 14.3. The van der Waals surface area contributed by atoms with Crippen molar-refractivity contribution in [3.8, 4) is 0 Å². The molecule has 0 bridgehead atoms. The van der Waals surface area contributed by atoms with E-state index in [0.29, 0.717) is 12.3 Å². The van der Waals surface area contributed by atoms with E-state index in [9.17, 15) is 9.90 Å². The molecule has 0 atom stereocenters. The maximum Gasteiger partial charge on any atom is 0.225 e. The van der Waals surface area contributed by atoms with Crippen LogP contribution < -0.4 is 0 Å². The maximum atomic E-state index is 12.4. The van der Waals surface area contributed by atoms with E-state index < -0.39 is 5.60 Å².